The maximum absolute atomic E-state index is 5.45. The van der Waals surface area contributed by atoms with E-state index >= 15 is 0 Å². The average molecular weight is 727 g/mol. The van der Waals surface area contributed by atoms with Crippen molar-refractivity contribution in [2.45, 2.75) is 19.3 Å². The van der Waals surface area contributed by atoms with Crippen LogP contribution in [0.2, 0.25) is 0 Å². The van der Waals surface area contributed by atoms with Crippen LogP contribution in [-0.2, 0) is 5.41 Å². The largest absolute Gasteiger partial charge is 0.228 e. The third kappa shape index (κ3) is 5.33. The zero-order valence-corrected chi connectivity index (χ0v) is 31.9. The van der Waals surface area contributed by atoms with Gasteiger partial charge in [0.1, 0.15) is 0 Å². The fraction of sp³-hybridized carbons (Fsp3) is 0.0545. The van der Waals surface area contributed by atoms with E-state index in [9.17, 15) is 0 Å². The summed E-state index contributed by atoms with van der Waals surface area (Å²) in [6.07, 6.45) is 0. The first-order valence-electron chi connectivity index (χ1n) is 19.7. The number of nitrogens with zero attached hydrogens (tertiary/aromatic N) is 2. The zero-order valence-electron chi connectivity index (χ0n) is 31.9. The van der Waals surface area contributed by atoms with Crippen molar-refractivity contribution >= 4 is 32.3 Å². The van der Waals surface area contributed by atoms with Gasteiger partial charge in [-0.1, -0.05) is 190 Å². The van der Waals surface area contributed by atoms with E-state index in [0.717, 1.165) is 33.6 Å². The Morgan fingerprint density at radius 3 is 1.75 bits per heavy atom. The predicted molar refractivity (Wildman–Crippen MR) is 239 cm³/mol. The third-order valence-electron chi connectivity index (χ3n) is 12.1. The Hall–Kier alpha value is -7.16. The van der Waals surface area contributed by atoms with Crippen molar-refractivity contribution in [1.82, 2.24) is 9.97 Å². The maximum Gasteiger partial charge on any atom is 0.160 e. The first-order valence-corrected chi connectivity index (χ1v) is 19.7. The second-order valence-electron chi connectivity index (χ2n) is 15.7. The van der Waals surface area contributed by atoms with Crippen LogP contribution in [0.25, 0.3) is 99.6 Å². The van der Waals surface area contributed by atoms with Gasteiger partial charge in [-0.25, -0.2) is 9.97 Å². The van der Waals surface area contributed by atoms with Gasteiger partial charge in [0.05, 0.1) is 11.4 Å². The second kappa shape index (κ2) is 13.0. The van der Waals surface area contributed by atoms with Crippen LogP contribution in [0.15, 0.2) is 194 Å². The van der Waals surface area contributed by atoms with Crippen molar-refractivity contribution in [2.75, 3.05) is 0 Å². The fourth-order valence-electron chi connectivity index (χ4n) is 9.33. The summed E-state index contributed by atoms with van der Waals surface area (Å²) in [6, 6.07) is 70.2. The lowest BCUT2D eigenvalue weighted by atomic mass is 9.82. The number of fused-ring (bicyclic) bond motifs is 7. The summed E-state index contributed by atoms with van der Waals surface area (Å²) >= 11 is 0. The summed E-state index contributed by atoms with van der Waals surface area (Å²) in [7, 11) is 0. The molecule has 0 saturated carbocycles. The van der Waals surface area contributed by atoms with Crippen LogP contribution in [0.3, 0.4) is 0 Å². The summed E-state index contributed by atoms with van der Waals surface area (Å²) in [4.78, 5) is 10.8. The average Bonchev–Trinajstić information content (AvgIpc) is 3.51. The third-order valence-corrected chi connectivity index (χ3v) is 12.1. The van der Waals surface area contributed by atoms with Gasteiger partial charge >= 0.3 is 0 Å². The minimum atomic E-state index is -0.0313. The lowest BCUT2D eigenvalue weighted by molar-refractivity contribution is 0.660. The SMILES string of the molecule is CC1(C)c2ccccc2-c2cc(-c3cccc(-c4cc(-c5c6ccccc6c(-c6ccccc6)c6ccc7ccccc7c56)nc(-c5ccccc5)n4)c3)ccc21. The number of hydrogen-bond donors (Lipinski definition) is 0. The summed E-state index contributed by atoms with van der Waals surface area (Å²) < 4.78 is 0. The number of aromatic nitrogens is 2. The molecule has 0 fully saturated rings. The Kier molecular flexibility index (Phi) is 7.55. The van der Waals surface area contributed by atoms with E-state index in [4.69, 9.17) is 9.97 Å². The molecule has 0 unspecified atom stereocenters. The molecule has 57 heavy (non-hydrogen) atoms. The van der Waals surface area contributed by atoms with Gasteiger partial charge in [-0.3, -0.25) is 0 Å². The highest BCUT2D eigenvalue weighted by Gasteiger charge is 2.35. The lowest BCUT2D eigenvalue weighted by Crippen LogP contribution is -2.14. The Morgan fingerprint density at radius 1 is 0.351 bits per heavy atom. The minimum absolute atomic E-state index is 0.0313. The van der Waals surface area contributed by atoms with Crippen molar-refractivity contribution in [3.05, 3.63) is 205 Å². The van der Waals surface area contributed by atoms with Crippen LogP contribution in [-0.4, -0.2) is 9.97 Å². The molecule has 1 aliphatic carbocycles. The monoisotopic (exact) mass is 726 g/mol. The van der Waals surface area contributed by atoms with Crippen LogP contribution in [0.4, 0.5) is 0 Å². The van der Waals surface area contributed by atoms with Gasteiger partial charge in [0.2, 0.25) is 0 Å². The summed E-state index contributed by atoms with van der Waals surface area (Å²) in [6.45, 7) is 4.67. The highest BCUT2D eigenvalue weighted by atomic mass is 14.9. The van der Waals surface area contributed by atoms with Crippen LogP contribution in [0.1, 0.15) is 25.0 Å². The number of hydrogen-bond acceptors (Lipinski definition) is 2. The Morgan fingerprint density at radius 2 is 0.947 bits per heavy atom. The highest BCUT2D eigenvalue weighted by Crippen LogP contribution is 2.50. The van der Waals surface area contributed by atoms with Crippen molar-refractivity contribution in [1.29, 1.82) is 0 Å². The molecule has 1 heterocycles. The number of benzene rings is 9. The van der Waals surface area contributed by atoms with Crippen molar-refractivity contribution < 1.29 is 0 Å². The fourth-order valence-corrected chi connectivity index (χ4v) is 9.33. The van der Waals surface area contributed by atoms with E-state index in [1.54, 1.807) is 0 Å². The van der Waals surface area contributed by atoms with Gasteiger partial charge < -0.3 is 0 Å². The molecule has 0 bridgehead atoms. The normalized spacial score (nSPS) is 12.9. The molecule has 0 radical (unpaired) electrons. The molecule has 10 aromatic rings. The van der Waals surface area contributed by atoms with Crippen molar-refractivity contribution in [3.63, 3.8) is 0 Å². The molecule has 2 heteroatoms. The lowest BCUT2D eigenvalue weighted by Gasteiger charge is -2.21. The van der Waals surface area contributed by atoms with Crippen molar-refractivity contribution in [3.8, 4) is 67.3 Å². The number of rotatable bonds is 5. The smallest absolute Gasteiger partial charge is 0.160 e. The Bertz CT molecular complexity index is 3200. The van der Waals surface area contributed by atoms with Crippen LogP contribution in [0.5, 0.6) is 0 Å². The molecular weight excluding hydrogens is 689 g/mol. The van der Waals surface area contributed by atoms with E-state index in [-0.39, 0.29) is 5.41 Å². The van der Waals surface area contributed by atoms with E-state index in [1.807, 2.05) is 6.07 Å². The van der Waals surface area contributed by atoms with Gasteiger partial charge in [-0.15, -0.1) is 0 Å². The standard InChI is InChI=1S/C55H38N2/c1-55(2)47-27-14-13-24-42(47)46-33-39(29-31-48(46)55)38-21-15-22-40(32-38)49-34-50(57-54(56-49)37-19-7-4-8-20-37)53-44-26-12-11-25-43(44)51(36-17-5-3-6-18-36)45-30-28-35-16-9-10-23-41(35)52(45)53/h3-34H,1-2H3. The molecule has 0 spiro atoms. The first-order chi connectivity index (χ1) is 28.0. The molecule has 0 atom stereocenters. The van der Waals surface area contributed by atoms with Crippen molar-refractivity contribution in [2.24, 2.45) is 0 Å². The zero-order chi connectivity index (χ0) is 38.1. The van der Waals surface area contributed by atoms with Crippen LogP contribution < -0.4 is 0 Å². The Balaban J connectivity index is 1.17. The highest BCUT2D eigenvalue weighted by molar-refractivity contribution is 6.27. The molecular formula is C55H38N2. The topological polar surface area (TPSA) is 25.8 Å². The molecule has 268 valence electrons. The molecule has 0 saturated heterocycles. The van der Waals surface area contributed by atoms with E-state index < -0.39 is 0 Å². The molecule has 1 aromatic heterocycles. The molecule has 0 N–H and O–H groups in total. The van der Waals surface area contributed by atoms with Gasteiger partial charge in [-0.05, 0) is 89.6 Å². The molecule has 0 amide bonds. The minimum Gasteiger partial charge on any atom is -0.228 e. The second-order valence-corrected chi connectivity index (χ2v) is 15.7. The van der Waals surface area contributed by atoms with E-state index in [1.165, 1.54) is 71.3 Å². The van der Waals surface area contributed by atoms with Crippen LogP contribution in [0, 0.1) is 0 Å². The molecule has 0 aliphatic heterocycles. The maximum atomic E-state index is 5.45. The van der Waals surface area contributed by atoms with Gasteiger partial charge in [0.25, 0.3) is 0 Å². The molecule has 1 aliphatic rings. The Labute approximate surface area is 332 Å². The quantitative estimate of drug-likeness (QED) is 0.130. The molecule has 2 nitrogen and oxygen atoms in total. The predicted octanol–water partition coefficient (Wildman–Crippen LogP) is 14.6. The van der Waals surface area contributed by atoms with Gasteiger partial charge in [0.15, 0.2) is 5.82 Å². The van der Waals surface area contributed by atoms with Crippen LogP contribution >= 0.6 is 0 Å². The van der Waals surface area contributed by atoms with Gasteiger partial charge in [0, 0.05) is 27.5 Å². The first kappa shape index (κ1) is 33.2. The van der Waals surface area contributed by atoms with E-state index in [0.29, 0.717) is 5.82 Å². The summed E-state index contributed by atoms with van der Waals surface area (Å²) in [5.74, 6) is 0.703. The molecule has 11 rings (SSSR count). The summed E-state index contributed by atoms with van der Waals surface area (Å²) in [5, 5.41) is 7.18. The van der Waals surface area contributed by atoms with E-state index in [2.05, 4.69) is 202 Å². The molecule has 9 aromatic carbocycles. The summed E-state index contributed by atoms with van der Waals surface area (Å²) in [5.41, 5.74) is 15.1. The van der Waals surface area contributed by atoms with Gasteiger partial charge in [-0.2, -0.15) is 0 Å².